The van der Waals surface area contributed by atoms with Crippen molar-refractivity contribution in [2.45, 2.75) is 44.4 Å². The van der Waals surface area contributed by atoms with E-state index in [1.54, 1.807) is 13.2 Å². The summed E-state index contributed by atoms with van der Waals surface area (Å²) in [6.07, 6.45) is 0.343. The van der Waals surface area contributed by atoms with Crippen LogP contribution in [0.25, 0.3) is 10.8 Å². The molecule has 0 saturated carbocycles. The smallest absolute Gasteiger partial charge is 0.408 e. The summed E-state index contributed by atoms with van der Waals surface area (Å²) in [5.74, 6) is -0.655. The van der Waals surface area contributed by atoms with E-state index in [1.807, 2.05) is 60.7 Å². The van der Waals surface area contributed by atoms with E-state index in [-0.39, 0.29) is 44.5 Å². The third-order valence-corrected chi connectivity index (χ3v) is 6.66. The summed E-state index contributed by atoms with van der Waals surface area (Å²) < 4.78 is 10.8. The Bertz CT molecular complexity index is 1490. The first kappa shape index (κ1) is 34.0. The molecule has 2 atom stereocenters. The highest BCUT2D eigenvalue weighted by atomic mass is 16.5. The largest absolute Gasteiger partial charge is 0.496 e. The van der Waals surface area contributed by atoms with Crippen LogP contribution in [0.15, 0.2) is 76.7 Å². The summed E-state index contributed by atoms with van der Waals surface area (Å²) in [6.45, 7) is 0.497. The van der Waals surface area contributed by atoms with Gasteiger partial charge in [0.2, 0.25) is 11.8 Å². The number of alkyl carbamates (subject to hydrolysis) is 1. The summed E-state index contributed by atoms with van der Waals surface area (Å²) in [4.78, 5) is 47.6. The van der Waals surface area contributed by atoms with E-state index in [4.69, 9.17) is 32.4 Å². The van der Waals surface area contributed by atoms with Gasteiger partial charge in [-0.3, -0.25) is 19.6 Å². The van der Waals surface area contributed by atoms with Crippen LogP contribution < -0.4 is 43.6 Å². The fraction of sp³-hybridized carbons (Fsp3) is 0.323. The van der Waals surface area contributed by atoms with Crippen molar-refractivity contribution in [1.29, 1.82) is 0 Å². The van der Waals surface area contributed by atoms with Gasteiger partial charge in [0.15, 0.2) is 11.9 Å². The Kier molecular flexibility index (Phi) is 13.2. The minimum atomic E-state index is -1.05. The molecule has 0 saturated heterocycles. The Labute approximate surface area is 261 Å². The highest BCUT2D eigenvalue weighted by Gasteiger charge is 2.27. The van der Waals surface area contributed by atoms with Gasteiger partial charge in [0.1, 0.15) is 24.4 Å². The molecule has 0 spiro atoms. The number of rotatable bonds is 16. The van der Waals surface area contributed by atoms with Crippen LogP contribution in [0, 0.1) is 0 Å². The third-order valence-electron chi connectivity index (χ3n) is 6.66. The monoisotopic (exact) mass is 619 g/mol. The number of guanidine groups is 2. The summed E-state index contributed by atoms with van der Waals surface area (Å²) >= 11 is 0. The lowest BCUT2D eigenvalue weighted by Gasteiger charge is -2.23. The van der Waals surface area contributed by atoms with Crippen molar-refractivity contribution in [2.24, 2.45) is 32.9 Å². The lowest BCUT2D eigenvalue weighted by atomic mass is 10.1. The molecule has 0 aliphatic carbocycles. The van der Waals surface area contributed by atoms with Crippen LogP contribution >= 0.6 is 0 Å². The molecule has 14 heteroatoms. The molecule has 2 unspecified atom stereocenters. The number of hydrogen-bond acceptors (Lipinski definition) is 7. The third kappa shape index (κ3) is 11.6. The summed E-state index contributed by atoms with van der Waals surface area (Å²) in [5, 5.41) is 9.98. The number of amides is 3. The van der Waals surface area contributed by atoms with Crippen LogP contribution in [0.1, 0.15) is 31.2 Å². The lowest BCUT2D eigenvalue weighted by Crippen LogP contribution is -2.52. The molecule has 14 nitrogen and oxygen atoms in total. The molecule has 0 aliphatic rings. The normalized spacial score (nSPS) is 11.8. The second-order valence-electron chi connectivity index (χ2n) is 10.1. The van der Waals surface area contributed by atoms with E-state index in [1.165, 1.54) is 0 Å². The Morgan fingerprint density at radius 1 is 0.778 bits per heavy atom. The maximum atomic E-state index is 13.5. The van der Waals surface area contributed by atoms with Crippen LogP contribution in [0.3, 0.4) is 0 Å². The minimum absolute atomic E-state index is 0.0139. The number of nitrogens with two attached hydrogens (primary N) is 4. The van der Waals surface area contributed by atoms with Crippen molar-refractivity contribution in [3.8, 4) is 5.75 Å². The zero-order valence-corrected chi connectivity index (χ0v) is 25.2. The van der Waals surface area contributed by atoms with E-state index >= 15 is 0 Å². The average Bonchev–Trinajstić information content (AvgIpc) is 3.02. The quantitative estimate of drug-likeness (QED) is 0.0700. The number of nitrogens with one attached hydrogen (secondary N) is 3. The molecular formula is C31H41N9O5. The summed E-state index contributed by atoms with van der Waals surface area (Å²) in [5.41, 5.74) is 23.0. The summed E-state index contributed by atoms with van der Waals surface area (Å²) in [6, 6.07) is 18.2. The number of nitrogens with zero attached hydrogens (tertiary/aromatic N) is 2. The van der Waals surface area contributed by atoms with Gasteiger partial charge in [-0.1, -0.05) is 54.6 Å². The Morgan fingerprint density at radius 3 is 2.00 bits per heavy atom. The maximum absolute atomic E-state index is 13.5. The van der Waals surface area contributed by atoms with Crippen LogP contribution in [-0.4, -0.2) is 62.1 Å². The number of methoxy groups -OCH3 is 1. The molecule has 0 fully saturated rings. The lowest BCUT2D eigenvalue weighted by molar-refractivity contribution is -0.128. The van der Waals surface area contributed by atoms with Gasteiger partial charge in [-0.25, -0.2) is 4.79 Å². The molecule has 0 aromatic heterocycles. The van der Waals surface area contributed by atoms with Gasteiger partial charge in [-0.15, -0.1) is 0 Å². The van der Waals surface area contributed by atoms with Crippen molar-refractivity contribution < 1.29 is 23.9 Å². The van der Waals surface area contributed by atoms with Crippen molar-refractivity contribution in [1.82, 2.24) is 10.6 Å². The molecule has 45 heavy (non-hydrogen) atoms. The van der Waals surface area contributed by atoms with Crippen LogP contribution in [0.2, 0.25) is 0 Å². The van der Waals surface area contributed by atoms with Crippen LogP contribution in [0.5, 0.6) is 5.75 Å². The fourth-order valence-electron chi connectivity index (χ4n) is 4.47. The van der Waals surface area contributed by atoms with E-state index < -0.39 is 30.0 Å². The molecule has 240 valence electrons. The second kappa shape index (κ2) is 17.6. The summed E-state index contributed by atoms with van der Waals surface area (Å²) in [7, 11) is 1.55. The van der Waals surface area contributed by atoms with Crippen molar-refractivity contribution >= 4 is 46.3 Å². The fourth-order valence-corrected chi connectivity index (χ4v) is 4.47. The highest BCUT2D eigenvalue weighted by molar-refractivity contribution is 6.01. The predicted octanol–water partition coefficient (Wildman–Crippen LogP) is 1.67. The molecule has 3 aromatic rings. The van der Waals surface area contributed by atoms with Crippen LogP contribution in [-0.2, 0) is 20.9 Å². The van der Waals surface area contributed by atoms with Crippen LogP contribution in [0.4, 0.5) is 10.5 Å². The molecule has 0 radical (unpaired) electrons. The first-order chi connectivity index (χ1) is 21.7. The predicted molar refractivity (Wildman–Crippen MR) is 174 cm³/mol. The van der Waals surface area contributed by atoms with Crippen molar-refractivity contribution in [2.75, 3.05) is 25.5 Å². The maximum Gasteiger partial charge on any atom is 0.408 e. The number of fused-ring (bicyclic) bond motifs is 1. The zero-order chi connectivity index (χ0) is 32.6. The van der Waals surface area contributed by atoms with Gasteiger partial charge >= 0.3 is 6.09 Å². The van der Waals surface area contributed by atoms with Gasteiger partial charge in [0.25, 0.3) is 0 Å². The molecule has 11 N–H and O–H groups in total. The number of ether oxygens (including phenoxy) is 2. The number of carbonyl (C=O) groups excluding carboxylic acids is 3. The first-order valence-electron chi connectivity index (χ1n) is 14.4. The number of anilines is 1. The minimum Gasteiger partial charge on any atom is -0.496 e. The molecule has 3 rings (SSSR count). The van der Waals surface area contributed by atoms with E-state index in [0.29, 0.717) is 24.3 Å². The van der Waals surface area contributed by atoms with Gasteiger partial charge in [-0.2, -0.15) is 0 Å². The molecule has 3 amide bonds. The standard InChI is InChI=1S/C31H41N9O5/c1-44-26-18-22(17-21-11-5-6-12-23(21)26)38-27(41)24(13-7-15-36-29(32)33)39-28(42)25(14-8-16-37-30(34)35)40-31(43)45-19-20-9-3-2-4-10-20/h2-6,9-12,17-18,24-25H,7-8,13-16,19H2,1H3,(H,38,41)(H,39,42)(H,40,43)(H4,32,33,36)(H4,34,35,37). The van der Waals surface area contributed by atoms with Gasteiger partial charge in [0.05, 0.1) is 7.11 Å². The molecule has 0 heterocycles. The Hall–Kier alpha value is -5.53. The Morgan fingerprint density at radius 2 is 1.38 bits per heavy atom. The number of aliphatic imine (C=N–C) groups is 2. The topological polar surface area (TPSA) is 235 Å². The molecule has 3 aromatic carbocycles. The highest BCUT2D eigenvalue weighted by Crippen LogP contribution is 2.30. The molecule has 0 aliphatic heterocycles. The van der Waals surface area contributed by atoms with E-state index in [0.717, 1.165) is 16.3 Å². The SMILES string of the molecule is COc1cc(NC(=O)C(CCCN=C(N)N)NC(=O)C(CCCN=C(N)N)NC(=O)OCc2ccccc2)cc2ccccc12. The molecular weight excluding hydrogens is 578 g/mol. The van der Waals surface area contributed by atoms with E-state index in [2.05, 4.69) is 25.9 Å². The van der Waals surface area contributed by atoms with Crippen molar-refractivity contribution in [3.05, 3.63) is 72.3 Å². The van der Waals surface area contributed by atoms with Gasteiger partial charge < -0.3 is 48.4 Å². The number of hydrogen-bond donors (Lipinski definition) is 7. The average molecular weight is 620 g/mol. The van der Waals surface area contributed by atoms with Gasteiger partial charge in [-0.05, 0) is 42.7 Å². The second-order valence-corrected chi connectivity index (χ2v) is 10.1. The number of benzene rings is 3. The Balaban J connectivity index is 1.76. The van der Waals surface area contributed by atoms with E-state index in [9.17, 15) is 14.4 Å². The van der Waals surface area contributed by atoms with Crippen molar-refractivity contribution in [3.63, 3.8) is 0 Å². The molecule has 0 bridgehead atoms. The van der Waals surface area contributed by atoms with Gasteiger partial charge in [0, 0.05) is 30.2 Å². The zero-order valence-electron chi connectivity index (χ0n) is 25.2. The first-order valence-corrected chi connectivity index (χ1v) is 14.4. The number of carbonyl (C=O) groups is 3.